The minimum atomic E-state index is 0. The molecule has 4 nitrogen and oxygen atoms in total. The van der Waals surface area contributed by atoms with Crippen molar-refractivity contribution >= 4 is 41.6 Å². The molecule has 0 spiro atoms. The Morgan fingerprint density at radius 2 is 2.21 bits per heavy atom. The van der Waals surface area contributed by atoms with Gasteiger partial charge in [-0.05, 0) is 20.3 Å². The topological polar surface area (TPSA) is 55.0 Å². The van der Waals surface area contributed by atoms with Gasteiger partial charge in [0.2, 0.25) is 0 Å². The van der Waals surface area contributed by atoms with Gasteiger partial charge in [-0.15, -0.1) is 35.8 Å². The molecule has 106 valence electrons. The van der Waals surface area contributed by atoms with Crippen molar-refractivity contribution < 1.29 is 0 Å². The zero-order chi connectivity index (χ0) is 13.1. The largest absolute Gasteiger partial charge is 0.383 e. The van der Waals surface area contributed by atoms with Crippen LogP contribution >= 0.6 is 35.8 Å². The summed E-state index contributed by atoms with van der Waals surface area (Å²) in [5.74, 6) is 2.91. The third-order valence-corrected chi connectivity index (χ3v) is 4.45. The minimum absolute atomic E-state index is 0. The van der Waals surface area contributed by atoms with E-state index in [9.17, 15) is 0 Å². The van der Waals surface area contributed by atoms with Crippen molar-refractivity contribution in [3.05, 3.63) is 28.2 Å². The van der Waals surface area contributed by atoms with E-state index in [-0.39, 0.29) is 12.4 Å². The van der Waals surface area contributed by atoms with Crippen molar-refractivity contribution in [2.24, 2.45) is 0 Å². The van der Waals surface area contributed by atoms with Crippen molar-refractivity contribution in [3.63, 3.8) is 0 Å². The van der Waals surface area contributed by atoms with E-state index < -0.39 is 0 Å². The number of nitrogen functional groups attached to an aromatic ring is 1. The summed E-state index contributed by atoms with van der Waals surface area (Å²) >= 11 is 7.64. The van der Waals surface area contributed by atoms with Gasteiger partial charge < -0.3 is 10.6 Å². The van der Waals surface area contributed by atoms with Gasteiger partial charge in [-0.25, -0.2) is 9.97 Å². The molecule has 0 fully saturated rings. The molecule has 0 aromatic carbocycles. The Morgan fingerprint density at radius 1 is 1.47 bits per heavy atom. The first-order chi connectivity index (χ1) is 8.61. The van der Waals surface area contributed by atoms with Crippen molar-refractivity contribution in [1.82, 2.24) is 14.9 Å². The molecule has 0 radical (unpaired) electrons. The van der Waals surface area contributed by atoms with E-state index in [1.54, 1.807) is 0 Å². The van der Waals surface area contributed by atoms with Gasteiger partial charge >= 0.3 is 0 Å². The number of rotatable bonds is 4. The predicted octanol–water partition coefficient (Wildman–Crippen LogP) is 3.16. The summed E-state index contributed by atoms with van der Waals surface area (Å²) in [5, 5.41) is 0. The molecule has 19 heavy (non-hydrogen) atoms. The molecule has 1 aliphatic rings. The van der Waals surface area contributed by atoms with Gasteiger partial charge in [0, 0.05) is 34.8 Å². The SMILES string of the molecule is CC1=C(CCCl)SCN1Cc1cnc(C)nc1N.Cl. The molecule has 2 rings (SSSR count). The number of hydrogen-bond acceptors (Lipinski definition) is 5. The Bertz CT molecular complexity index is 479. The Balaban J connectivity index is 0.00000180. The standard InChI is InChI=1S/C12H17ClN4S.ClH/c1-8-11(3-4-13)18-7-17(8)6-10-5-15-9(2)16-12(10)14;/h5H,3-4,6-7H2,1-2H3,(H2,14,15,16);1H. The van der Waals surface area contributed by atoms with Crippen LogP contribution in [0.1, 0.15) is 24.7 Å². The molecule has 0 unspecified atom stereocenters. The Kier molecular flexibility index (Phi) is 6.23. The third kappa shape index (κ3) is 3.91. The van der Waals surface area contributed by atoms with Crippen LogP contribution in [-0.2, 0) is 6.54 Å². The fourth-order valence-corrected chi connectivity index (χ4v) is 3.36. The fraction of sp³-hybridized carbons (Fsp3) is 0.500. The van der Waals surface area contributed by atoms with Gasteiger partial charge in [0.15, 0.2) is 0 Å². The highest BCUT2D eigenvalue weighted by Gasteiger charge is 2.20. The minimum Gasteiger partial charge on any atom is -0.383 e. The zero-order valence-corrected chi connectivity index (χ0v) is 13.4. The van der Waals surface area contributed by atoms with Crippen LogP contribution in [0, 0.1) is 6.92 Å². The van der Waals surface area contributed by atoms with E-state index >= 15 is 0 Å². The quantitative estimate of drug-likeness (QED) is 0.863. The molecule has 1 aromatic heterocycles. The molecule has 0 saturated carbocycles. The van der Waals surface area contributed by atoms with Gasteiger partial charge in [-0.3, -0.25) is 0 Å². The van der Waals surface area contributed by atoms with Gasteiger partial charge in [-0.2, -0.15) is 0 Å². The number of aromatic nitrogens is 2. The summed E-state index contributed by atoms with van der Waals surface area (Å²) in [5.41, 5.74) is 8.19. The molecule has 2 heterocycles. The Hall–Kier alpha value is -0.650. The first-order valence-corrected chi connectivity index (χ1v) is 7.35. The lowest BCUT2D eigenvalue weighted by molar-refractivity contribution is 0.402. The number of thioether (sulfide) groups is 1. The second kappa shape index (κ2) is 7.22. The molecular weight excluding hydrogens is 303 g/mol. The number of hydrogen-bond donors (Lipinski definition) is 1. The van der Waals surface area contributed by atoms with E-state index in [0.29, 0.717) is 17.5 Å². The van der Waals surface area contributed by atoms with Crippen molar-refractivity contribution in [3.8, 4) is 0 Å². The number of nitrogens with zero attached hydrogens (tertiary/aromatic N) is 3. The molecule has 1 aromatic rings. The molecule has 1 aliphatic heterocycles. The van der Waals surface area contributed by atoms with E-state index in [4.69, 9.17) is 17.3 Å². The van der Waals surface area contributed by atoms with Gasteiger partial charge in [0.25, 0.3) is 0 Å². The van der Waals surface area contributed by atoms with Crippen molar-refractivity contribution in [2.45, 2.75) is 26.8 Å². The molecule has 2 N–H and O–H groups in total. The van der Waals surface area contributed by atoms with Crippen LogP contribution in [0.2, 0.25) is 0 Å². The van der Waals surface area contributed by atoms with E-state index in [0.717, 1.165) is 24.4 Å². The summed E-state index contributed by atoms with van der Waals surface area (Å²) in [6, 6.07) is 0. The van der Waals surface area contributed by atoms with Crippen LogP contribution < -0.4 is 5.73 Å². The first-order valence-electron chi connectivity index (χ1n) is 5.83. The fourth-order valence-electron chi connectivity index (χ4n) is 1.88. The lowest BCUT2D eigenvalue weighted by Crippen LogP contribution is -2.18. The highest BCUT2D eigenvalue weighted by molar-refractivity contribution is 8.03. The maximum Gasteiger partial charge on any atom is 0.132 e. The summed E-state index contributed by atoms with van der Waals surface area (Å²) < 4.78 is 0. The molecule has 0 amide bonds. The Labute approximate surface area is 129 Å². The second-order valence-corrected chi connectivity index (χ2v) is 5.66. The van der Waals surface area contributed by atoms with Gasteiger partial charge in [-0.1, -0.05) is 0 Å². The molecule has 0 atom stereocenters. The van der Waals surface area contributed by atoms with Gasteiger partial charge in [0.1, 0.15) is 11.6 Å². The number of alkyl halides is 1. The smallest absolute Gasteiger partial charge is 0.132 e. The second-order valence-electron chi connectivity index (χ2n) is 4.25. The molecular formula is C12H18Cl2N4S. The summed E-state index contributed by atoms with van der Waals surface area (Å²) in [6.07, 6.45) is 2.75. The average molecular weight is 321 g/mol. The van der Waals surface area contributed by atoms with E-state index in [2.05, 4.69) is 21.8 Å². The molecule has 0 saturated heterocycles. The number of aryl methyl sites for hydroxylation is 1. The number of anilines is 1. The number of halogens is 2. The van der Waals surface area contributed by atoms with Crippen LogP contribution in [0.5, 0.6) is 0 Å². The van der Waals surface area contributed by atoms with E-state index in [1.165, 1.54) is 10.6 Å². The summed E-state index contributed by atoms with van der Waals surface area (Å²) in [4.78, 5) is 12.1. The molecule has 0 bridgehead atoms. The van der Waals surface area contributed by atoms with Crippen LogP contribution in [0.3, 0.4) is 0 Å². The van der Waals surface area contributed by atoms with Crippen LogP contribution in [-0.4, -0.2) is 26.6 Å². The zero-order valence-electron chi connectivity index (χ0n) is 11.0. The third-order valence-electron chi connectivity index (χ3n) is 2.97. The number of nitrogens with two attached hydrogens (primary N) is 1. The van der Waals surface area contributed by atoms with Crippen LogP contribution in [0.15, 0.2) is 16.8 Å². The van der Waals surface area contributed by atoms with Crippen molar-refractivity contribution in [2.75, 3.05) is 17.5 Å². The lowest BCUT2D eigenvalue weighted by Gasteiger charge is -2.19. The highest BCUT2D eigenvalue weighted by Crippen LogP contribution is 2.35. The maximum absolute atomic E-state index is 5.92. The molecule has 0 aliphatic carbocycles. The summed E-state index contributed by atoms with van der Waals surface area (Å²) in [7, 11) is 0. The van der Waals surface area contributed by atoms with Crippen LogP contribution in [0.25, 0.3) is 0 Å². The van der Waals surface area contributed by atoms with Gasteiger partial charge in [0.05, 0.1) is 5.88 Å². The highest BCUT2D eigenvalue weighted by atomic mass is 35.5. The lowest BCUT2D eigenvalue weighted by atomic mass is 10.2. The average Bonchev–Trinajstić information content (AvgIpc) is 2.66. The summed E-state index contributed by atoms with van der Waals surface area (Å²) in [6.45, 7) is 4.74. The van der Waals surface area contributed by atoms with Crippen molar-refractivity contribution in [1.29, 1.82) is 0 Å². The Morgan fingerprint density at radius 3 is 2.84 bits per heavy atom. The van der Waals surface area contributed by atoms with E-state index in [1.807, 2.05) is 24.9 Å². The first kappa shape index (κ1) is 16.4. The maximum atomic E-state index is 5.92. The predicted molar refractivity (Wildman–Crippen MR) is 84.5 cm³/mol. The molecule has 7 heteroatoms. The normalized spacial score (nSPS) is 14.8. The van der Waals surface area contributed by atoms with Crippen LogP contribution in [0.4, 0.5) is 5.82 Å². The number of allylic oxidation sites excluding steroid dienone is 2. The monoisotopic (exact) mass is 320 g/mol.